The molecule has 4 aromatic rings. The van der Waals surface area contributed by atoms with Gasteiger partial charge in [-0.1, -0.05) is 23.6 Å². The second-order valence-corrected chi connectivity index (χ2v) is 8.27. The quantitative estimate of drug-likeness (QED) is 0.448. The number of nitrogens with zero attached hydrogens (tertiary/aromatic N) is 5. The smallest absolute Gasteiger partial charge is 0.298 e. The Balaban J connectivity index is 1.52. The topological polar surface area (TPSA) is 98.6 Å². The van der Waals surface area contributed by atoms with E-state index in [1.54, 1.807) is 40.8 Å². The van der Waals surface area contributed by atoms with Crippen LogP contribution in [-0.2, 0) is 4.79 Å². The lowest BCUT2D eigenvalue weighted by atomic mass is 10.0. The van der Waals surface area contributed by atoms with Crippen molar-refractivity contribution in [2.75, 3.05) is 18.8 Å². The number of nitrogens with two attached hydrogens (primary N) is 1. The van der Waals surface area contributed by atoms with Gasteiger partial charge in [0.05, 0.1) is 16.2 Å². The zero-order valence-corrected chi connectivity index (χ0v) is 19.2. The third kappa shape index (κ3) is 4.02. The molecule has 0 saturated carbocycles. The molecule has 1 aromatic carbocycles. The van der Waals surface area contributed by atoms with Gasteiger partial charge in [0.2, 0.25) is 11.8 Å². The standard InChI is InChI=1S/C25H21ClN6O2/c1-2-5-22(33)31-13-10-16(15-31)23-20-9-12-29-25(27)32(20)24(30-23)18-8-7-17(14-19(18)26)34-21-6-3-4-11-28-21/h3-4,6-9,11-12,14,16H,10,13,15H2,1H3,(H2,27,29). The number of carbonyl (C=O) groups is 1. The molecule has 1 unspecified atom stereocenters. The summed E-state index contributed by atoms with van der Waals surface area (Å²) in [6.45, 7) is 2.84. The van der Waals surface area contributed by atoms with Gasteiger partial charge in [-0.15, -0.1) is 0 Å². The summed E-state index contributed by atoms with van der Waals surface area (Å²) < 4.78 is 7.59. The van der Waals surface area contributed by atoms with Crippen LogP contribution >= 0.6 is 11.6 Å². The molecule has 0 radical (unpaired) electrons. The van der Waals surface area contributed by atoms with E-state index in [4.69, 9.17) is 27.1 Å². The number of anilines is 1. The van der Waals surface area contributed by atoms with Crippen LogP contribution < -0.4 is 10.5 Å². The molecule has 4 heterocycles. The Morgan fingerprint density at radius 2 is 2.09 bits per heavy atom. The number of likely N-dealkylation sites (tertiary alicyclic amines) is 1. The number of imidazole rings is 1. The van der Waals surface area contributed by atoms with Crippen LogP contribution in [0.5, 0.6) is 11.6 Å². The lowest BCUT2D eigenvalue weighted by molar-refractivity contribution is -0.124. The third-order valence-electron chi connectivity index (χ3n) is 5.75. The molecule has 34 heavy (non-hydrogen) atoms. The molecule has 0 spiro atoms. The maximum atomic E-state index is 12.2. The molecule has 1 amide bonds. The number of nitrogen functional groups attached to an aromatic ring is 1. The van der Waals surface area contributed by atoms with Gasteiger partial charge in [-0.25, -0.2) is 15.0 Å². The van der Waals surface area contributed by atoms with E-state index in [2.05, 4.69) is 21.8 Å². The summed E-state index contributed by atoms with van der Waals surface area (Å²) in [5.74, 6) is 7.10. The molecule has 2 N–H and O–H groups in total. The monoisotopic (exact) mass is 472 g/mol. The van der Waals surface area contributed by atoms with E-state index in [9.17, 15) is 4.79 Å². The molecule has 0 bridgehead atoms. The molecule has 0 aliphatic carbocycles. The molecule has 1 atom stereocenters. The van der Waals surface area contributed by atoms with E-state index in [0.29, 0.717) is 47.1 Å². The van der Waals surface area contributed by atoms with Gasteiger partial charge in [-0.2, -0.15) is 0 Å². The van der Waals surface area contributed by atoms with Crippen molar-refractivity contribution in [1.29, 1.82) is 0 Å². The number of halogens is 1. The number of benzene rings is 1. The first-order chi connectivity index (χ1) is 16.5. The normalized spacial score (nSPS) is 15.2. The first-order valence-electron chi connectivity index (χ1n) is 10.8. The van der Waals surface area contributed by atoms with Gasteiger partial charge in [0.15, 0.2) is 0 Å². The summed E-state index contributed by atoms with van der Waals surface area (Å²) in [6.07, 6.45) is 4.10. The number of amides is 1. The average Bonchev–Trinajstić information content (AvgIpc) is 3.46. The van der Waals surface area contributed by atoms with Crippen molar-refractivity contribution in [3.63, 3.8) is 0 Å². The van der Waals surface area contributed by atoms with Crippen molar-refractivity contribution in [3.8, 4) is 34.9 Å². The fourth-order valence-electron chi connectivity index (χ4n) is 4.19. The Labute approximate surface area is 201 Å². The SMILES string of the molecule is CC#CC(=O)N1CCC(c2nc(-c3ccc(Oc4ccccn4)cc3Cl)n3c(N)nccc23)C1. The molecule has 8 nitrogen and oxygen atoms in total. The van der Waals surface area contributed by atoms with Crippen molar-refractivity contribution in [1.82, 2.24) is 24.3 Å². The summed E-state index contributed by atoms with van der Waals surface area (Å²) in [5.41, 5.74) is 8.65. The number of fused-ring (bicyclic) bond motifs is 1. The van der Waals surface area contributed by atoms with Crippen molar-refractivity contribution < 1.29 is 9.53 Å². The highest BCUT2D eigenvalue weighted by molar-refractivity contribution is 6.33. The van der Waals surface area contributed by atoms with Crippen molar-refractivity contribution in [2.24, 2.45) is 0 Å². The molecule has 3 aromatic heterocycles. The number of rotatable bonds is 4. The number of pyridine rings is 1. The van der Waals surface area contributed by atoms with Gasteiger partial charge in [0.25, 0.3) is 5.91 Å². The Kier molecular flexibility index (Phi) is 5.78. The predicted molar refractivity (Wildman–Crippen MR) is 130 cm³/mol. The minimum absolute atomic E-state index is 0.0543. The summed E-state index contributed by atoms with van der Waals surface area (Å²) in [7, 11) is 0. The fourth-order valence-corrected chi connectivity index (χ4v) is 4.44. The Morgan fingerprint density at radius 1 is 1.21 bits per heavy atom. The van der Waals surface area contributed by atoms with Crippen LogP contribution in [-0.4, -0.2) is 43.2 Å². The molecule has 1 fully saturated rings. The lowest BCUT2D eigenvalue weighted by Gasteiger charge is -2.12. The molecular formula is C25H21ClN6O2. The van der Waals surface area contributed by atoms with Gasteiger partial charge in [-0.3, -0.25) is 9.20 Å². The van der Waals surface area contributed by atoms with Crippen molar-refractivity contribution >= 4 is 29.0 Å². The Bertz CT molecular complexity index is 1440. The first kappa shape index (κ1) is 21.7. The molecule has 1 aliphatic rings. The van der Waals surface area contributed by atoms with E-state index < -0.39 is 0 Å². The summed E-state index contributed by atoms with van der Waals surface area (Å²) >= 11 is 6.67. The predicted octanol–water partition coefficient (Wildman–Crippen LogP) is 4.16. The van der Waals surface area contributed by atoms with Gasteiger partial charge in [-0.05, 0) is 43.5 Å². The third-order valence-corrected chi connectivity index (χ3v) is 6.06. The summed E-state index contributed by atoms with van der Waals surface area (Å²) in [5, 5.41) is 0.455. The second kappa shape index (κ2) is 9.04. The van der Waals surface area contributed by atoms with Crippen LogP contribution in [0.15, 0.2) is 54.9 Å². The number of ether oxygens (including phenoxy) is 1. The van der Waals surface area contributed by atoms with E-state index in [0.717, 1.165) is 17.6 Å². The highest BCUT2D eigenvalue weighted by Gasteiger charge is 2.31. The summed E-state index contributed by atoms with van der Waals surface area (Å²) in [4.78, 5) is 27.4. The minimum atomic E-state index is -0.165. The number of aromatic nitrogens is 4. The zero-order valence-electron chi connectivity index (χ0n) is 18.4. The van der Waals surface area contributed by atoms with E-state index in [-0.39, 0.29) is 11.8 Å². The maximum absolute atomic E-state index is 12.2. The minimum Gasteiger partial charge on any atom is -0.439 e. The Hall–Kier alpha value is -4.09. The highest BCUT2D eigenvalue weighted by atomic mass is 35.5. The number of hydrogen-bond donors (Lipinski definition) is 1. The molecule has 9 heteroatoms. The molecule has 1 aliphatic heterocycles. The van der Waals surface area contributed by atoms with E-state index >= 15 is 0 Å². The van der Waals surface area contributed by atoms with Crippen LogP contribution in [0.4, 0.5) is 5.95 Å². The Morgan fingerprint density at radius 3 is 2.85 bits per heavy atom. The van der Waals surface area contributed by atoms with Crippen LogP contribution in [0.3, 0.4) is 0 Å². The second-order valence-electron chi connectivity index (χ2n) is 7.87. The van der Waals surface area contributed by atoms with Gasteiger partial charge < -0.3 is 15.4 Å². The zero-order chi connectivity index (χ0) is 23.7. The van der Waals surface area contributed by atoms with Crippen LogP contribution in [0.25, 0.3) is 16.9 Å². The largest absolute Gasteiger partial charge is 0.439 e. The maximum Gasteiger partial charge on any atom is 0.298 e. The number of carbonyl (C=O) groups excluding carboxylic acids is 1. The van der Waals surface area contributed by atoms with Crippen LogP contribution in [0.2, 0.25) is 5.02 Å². The van der Waals surface area contributed by atoms with Crippen LogP contribution in [0, 0.1) is 11.8 Å². The average molecular weight is 473 g/mol. The molecule has 5 rings (SSSR count). The molecular weight excluding hydrogens is 452 g/mol. The first-order valence-corrected chi connectivity index (χ1v) is 11.2. The lowest BCUT2D eigenvalue weighted by Crippen LogP contribution is -2.26. The highest BCUT2D eigenvalue weighted by Crippen LogP contribution is 2.37. The van der Waals surface area contributed by atoms with Gasteiger partial charge in [0.1, 0.15) is 11.6 Å². The molecule has 170 valence electrons. The van der Waals surface area contributed by atoms with Gasteiger partial charge >= 0.3 is 0 Å². The van der Waals surface area contributed by atoms with Crippen LogP contribution in [0.1, 0.15) is 25.0 Å². The molecule has 1 saturated heterocycles. The van der Waals surface area contributed by atoms with Crippen molar-refractivity contribution in [2.45, 2.75) is 19.3 Å². The number of hydrogen-bond acceptors (Lipinski definition) is 6. The van der Waals surface area contributed by atoms with Crippen molar-refractivity contribution in [3.05, 3.63) is 65.6 Å². The fraction of sp³-hybridized carbons (Fsp3) is 0.200. The van der Waals surface area contributed by atoms with E-state index in [1.807, 2.05) is 30.3 Å². The van der Waals surface area contributed by atoms with E-state index in [1.165, 1.54) is 0 Å². The summed E-state index contributed by atoms with van der Waals surface area (Å²) in [6, 6.07) is 12.7. The van der Waals surface area contributed by atoms with Gasteiger partial charge in [0, 0.05) is 49.1 Å².